The van der Waals surface area contributed by atoms with E-state index in [1.807, 2.05) is 30.3 Å². The summed E-state index contributed by atoms with van der Waals surface area (Å²) in [5.74, 6) is -0.441. The average molecular weight is 296 g/mol. The molecule has 17 heavy (non-hydrogen) atoms. The minimum absolute atomic E-state index is 0.0183. The first kappa shape index (κ1) is 11.8. The fraction of sp³-hybridized carbons (Fsp3) is 0. The molecule has 0 spiro atoms. The Morgan fingerprint density at radius 1 is 1.12 bits per heavy atom. The number of halogens is 1. The summed E-state index contributed by atoms with van der Waals surface area (Å²) < 4.78 is 14.5. The Morgan fingerprint density at radius 3 is 2.47 bits per heavy atom. The third-order valence-corrected chi connectivity index (χ3v) is 4.30. The van der Waals surface area contributed by atoms with Gasteiger partial charge in [0.2, 0.25) is 0 Å². The van der Waals surface area contributed by atoms with E-state index in [1.54, 1.807) is 0 Å². The second-order valence-corrected chi connectivity index (χ2v) is 5.62. The van der Waals surface area contributed by atoms with E-state index in [0.29, 0.717) is 4.46 Å². The summed E-state index contributed by atoms with van der Waals surface area (Å²) in [7, 11) is 0. The van der Waals surface area contributed by atoms with Gasteiger partial charge in [0.15, 0.2) is 0 Å². The maximum atomic E-state index is 13.1. The van der Waals surface area contributed by atoms with Crippen molar-refractivity contribution in [1.29, 1.82) is 0 Å². The number of benzene rings is 2. The van der Waals surface area contributed by atoms with Crippen LogP contribution in [0.3, 0.4) is 0 Å². The van der Waals surface area contributed by atoms with Gasteiger partial charge in [-0.25, -0.2) is 0 Å². The van der Waals surface area contributed by atoms with Crippen LogP contribution in [-0.2, 0) is 0 Å². The van der Waals surface area contributed by atoms with E-state index >= 15 is 0 Å². The summed E-state index contributed by atoms with van der Waals surface area (Å²) >= 11 is -0.258. The van der Waals surface area contributed by atoms with Crippen LogP contribution in [-0.4, -0.2) is 19.9 Å². The SMILES string of the molecule is O=[N+]([O-])c1ccc(F)cc1[Se]c1ccccc1. The number of hydrogen-bond acceptors (Lipinski definition) is 2. The van der Waals surface area contributed by atoms with Gasteiger partial charge in [-0.1, -0.05) is 0 Å². The van der Waals surface area contributed by atoms with Crippen LogP contribution >= 0.6 is 0 Å². The number of nitro groups is 1. The van der Waals surface area contributed by atoms with Gasteiger partial charge in [-0.15, -0.1) is 0 Å². The van der Waals surface area contributed by atoms with Crippen LogP contribution in [0.25, 0.3) is 0 Å². The Kier molecular flexibility index (Phi) is 3.52. The second-order valence-electron chi connectivity index (χ2n) is 3.28. The molecule has 2 aromatic carbocycles. The fourth-order valence-electron chi connectivity index (χ4n) is 1.34. The normalized spacial score (nSPS) is 10.2. The Hall–Kier alpha value is -1.71. The summed E-state index contributed by atoms with van der Waals surface area (Å²) in [5.41, 5.74) is -0.0183. The van der Waals surface area contributed by atoms with Crippen molar-refractivity contribution in [3.05, 3.63) is 64.5 Å². The number of nitro benzene ring substituents is 1. The van der Waals surface area contributed by atoms with Crippen LogP contribution in [0.4, 0.5) is 10.1 Å². The van der Waals surface area contributed by atoms with E-state index in [-0.39, 0.29) is 20.6 Å². The predicted molar refractivity (Wildman–Crippen MR) is 64.5 cm³/mol. The molecule has 0 radical (unpaired) electrons. The summed E-state index contributed by atoms with van der Waals surface area (Å²) in [5, 5.41) is 10.8. The van der Waals surface area contributed by atoms with E-state index in [1.165, 1.54) is 12.1 Å². The van der Waals surface area contributed by atoms with Gasteiger partial charge in [-0.2, -0.15) is 0 Å². The van der Waals surface area contributed by atoms with Crippen molar-refractivity contribution in [3.63, 3.8) is 0 Å². The Labute approximate surface area is 104 Å². The predicted octanol–water partition coefficient (Wildman–Crippen LogP) is 1.39. The zero-order valence-electron chi connectivity index (χ0n) is 8.67. The molecule has 0 aromatic heterocycles. The van der Waals surface area contributed by atoms with Crippen molar-refractivity contribution < 1.29 is 9.31 Å². The zero-order chi connectivity index (χ0) is 12.3. The van der Waals surface area contributed by atoms with Crippen LogP contribution in [0.1, 0.15) is 0 Å². The number of nitrogens with zero attached hydrogens (tertiary/aromatic N) is 1. The molecule has 0 fully saturated rings. The molecule has 2 aromatic rings. The van der Waals surface area contributed by atoms with Crippen LogP contribution in [0, 0.1) is 15.9 Å². The van der Waals surface area contributed by atoms with Gasteiger partial charge in [0.25, 0.3) is 0 Å². The van der Waals surface area contributed by atoms with Crippen LogP contribution in [0.5, 0.6) is 0 Å². The molecule has 0 heterocycles. The molecule has 3 nitrogen and oxygen atoms in total. The van der Waals surface area contributed by atoms with E-state index in [4.69, 9.17) is 0 Å². The molecule has 0 unspecified atom stereocenters. The van der Waals surface area contributed by atoms with Crippen molar-refractivity contribution >= 4 is 29.6 Å². The number of hydrogen-bond donors (Lipinski definition) is 0. The molecule has 0 saturated carbocycles. The molecule has 0 atom stereocenters. The summed E-state index contributed by atoms with van der Waals surface area (Å²) in [4.78, 5) is 10.3. The molecular weight excluding hydrogens is 288 g/mol. The van der Waals surface area contributed by atoms with Crippen LogP contribution < -0.4 is 8.92 Å². The van der Waals surface area contributed by atoms with Crippen LogP contribution in [0.2, 0.25) is 0 Å². The standard InChI is InChI=1S/C12H8FNO2Se/c13-9-6-7-11(14(15)16)12(8-9)17-10-4-2-1-3-5-10/h1-8H. The molecule has 0 aliphatic rings. The quantitative estimate of drug-likeness (QED) is 0.488. The molecular formula is C12H8FNO2Se. The molecule has 0 saturated heterocycles. The van der Waals surface area contributed by atoms with Gasteiger partial charge in [0.1, 0.15) is 0 Å². The molecule has 0 bridgehead atoms. The summed E-state index contributed by atoms with van der Waals surface area (Å²) in [6.07, 6.45) is 0. The molecule has 0 amide bonds. The first-order valence-electron chi connectivity index (χ1n) is 4.83. The topological polar surface area (TPSA) is 43.1 Å². The molecule has 86 valence electrons. The van der Waals surface area contributed by atoms with Crippen LogP contribution in [0.15, 0.2) is 48.5 Å². The summed E-state index contributed by atoms with van der Waals surface area (Å²) in [6, 6.07) is 12.9. The zero-order valence-corrected chi connectivity index (χ0v) is 10.4. The summed E-state index contributed by atoms with van der Waals surface area (Å²) in [6.45, 7) is 0. The monoisotopic (exact) mass is 297 g/mol. The molecule has 5 heteroatoms. The first-order chi connectivity index (χ1) is 8.16. The van der Waals surface area contributed by atoms with Gasteiger partial charge < -0.3 is 0 Å². The van der Waals surface area contributed by atoms with E-state index in [0.717, 1.165) is 10.5 Å². The first-order valence-corrected chi connectivity index (χ1v) is 6.55. The minimum atomic E-state index is -0.473. The second kappa shape index (κ2) is 5.08. The molecule has 2 rings (SSSR count). The third-order valence-electron chi connectivity index (χ3n) is 2.09. The average Bonchev–Trinajstić information content (AvgIpc) is 2.30. The Morgan fingerprint density at radius 2 is 1.82 bits per heavy atom. The molecule has 0 aliphatic heterocycles. The van der Waals surface area contributed by atoms with Crippen molar-refractivity contribution in [3.8, 4) is 0 Å². The van der Waals surface area contributed by atoms with E-state index < -0.39 is 10.7 Å². The van der Waals surface area contributed by atoms with E-state index in [9.17, 15) is 14.5 Å². The number of rotatable bonds is 3. The third kappa shape index (κ3) is 2.90. The van der Waals surface area contributed by atoms with Gasteiger partial charge in [0, 0.05) is 0 Å². The van der Waals surface area contributed by atoms with E-state index in [2.05, 4.69) is 0 Å². The Balaban J connectivity index is 2.37. The van der Waals surface area contributed by atoms with Gasteiger partial charge in [-0.3, -0.25) is 0 Å². The van der Waals surface area contributed by atoms with Crippen molar-refractivity contribution in [2.45, 2.75) is 0 Å². The van der Waals surface area contributed by atoms with Crippen molar-refractivity contribution in [2.24, 2.45) is 0 Å². The van der Waals surface area contributed by atoms with Crippen molar-refractivity contribution in [2.75, 3.05) is 0 Å². The van der Waals surface area contributed by atoms with Crippen molar-refractivity contribution in [1.82, 2.24) is 0 Å². The Bertz CT molecular complexity index is 545. The van der Waals surface area contributed by atoms with Gasteiger partial charge in [0.05, 0.1) is 0 Å². The molecule has 0 aliphatic carbocycles. The molecule has 0 N–H and O–H groups in total. The fourth-order valence-corrected chi connectivity index (χ4v) is 3.36. The van der Waals surface area contributed by atoms with Gasteiger partial charge in [-0.05, 0) is 0 Å². The van der Waals surface area contributed by atoms with Gasteiger partial charge >= 0.3 is 103 Å². The maximum absolute atomic E-state index is 13.1.